The van der Waals surface area contributed by atoms with Crippen LogP contribution >= 0.6 is 0 Å². The van der Waals surface area contributed by atoms with Gasteiger partial charge in [0.1, 0.15) is 12.2 Å². The molecule has 1 saturated heterocycles. The van der Waals surface area contributed by atoms with Gasteiger partial charge in [0.25, 0.3) is 0 Å². The monoisotopic (exact) mass is 356 g/mol. The van der Waals surface area contributed by atoms with Crippen molar-refractivity contribution in [2.24, 2.45) is 0 Å². The maximum absolute atomic E-state index is 11.7. The molecule has 0 aromatic heterocycles. The summed E-state index contributed by atoms with van der Waals surface area (Å²) in [4.78, 5) is 23.0. The molecule has 25 heavy (non-hydrogen) atoms. The van der Waals surface area contributed by atoms with Gasteiger partial charge in [-0.3, -0.25) is 0 Å². The molecule has 1 aliphatic rings. The van der Waals surface area contributed by atoms with Gasteiger partial charge in [0.2, 0.25) is 0 Å². The van der Waals surface area contributed by atoms with Crippen LogP contribution in [0.25, 0.3) is 0 Å². The van der Waals surface area contributed by atoms with Crippen molar-refractivity contribution in [1.82, 2.24) is 0 Å². The van der Waals surface area contributed by atoms with Crippen LogP contribution in [-0.2, 0) is 28.5 Å². The van der Waals surface area contributed by atoms with Crippen LogP contribution in [0.3, 0.4) is 0 Å². The molecular weight excluding hydrogens is 328 g/mol. The first-order valence-corrected chi connectivity index (χ1v) is 8.30. The van der Waals surface area contributed by atoms with E-state index in [-0.39, 0.29) is 6.10 Å². The Hall–Kier alpha value is -1.70. The van der Waals surface area contributed by atoms with Crippen LogP contribution in [0.15, 0.2) is 24.3 Å². The van der Waals surface area contributed by atoms with Crippen molar-refractivity contribution < 1.29 is 33.6 Å². The summed E-state index contributed by atoms with van der Waals surface area (Å²) in [5, 5.41) is 9.15. The van der Waals surface area contributed by atoms with Crippen molar-refractivity contribution in [3.63, 3.8) is 0 Å². The summed E-state index contributed by atoms with van der Waals surface area (Å²) in [6, 6.07) is 0. The van der Waals surface area contributed by atoms with Crippen LogP contribution in [-0.4, -0.2) is 54.4 Å². The van der Waals surface area contributed by atoms with Crippen molar-refractivity contribution in [2.75, 3.05) is 7.11 Å². The Morgan fingerprint density at radius 2 is 1.88 bits per heavy atom. The minimum atomic E-state index is -0.795. The molecule has 0 spiro atoms. The zero-order valence-corrected chi connectivity index (χ0v) is 15.4. The third-order valence-corrected chi connectivity index (χ3v) is 3.46. The highest BCUT2D eigenvalue weighted by Gasteiger charge is 2.40. The highest BCUT2D eigenvalue weighted by molar-refractivity contribution is 5.82. The normalized spacial score (nSPS) is 25.2. The van der Waals surface area contributed by atoms with E-state index in [2.05, 4.69) is 4.74 Å². The minimum Gasteiger partial charge on any atom is -0.466 e. The first-order chi connectivity index (χ1) is 11.6. The number of carbonyl (C=O) groups excluding carboxylic acids is 2. The lowest BCUT2D eigenvalue weighted by Crippen LogP contribution is -2.27. The smallest absolute Gasteiger partial charge is 0.330 e. The Labute approximate surface area is 148 Å². The summed E-state index contributed by atoms with van der Waals surface area (Å²) in [6.45, 7) is 6.96. The average molecular weight is 356 g/mol. The van der Waals surface area contributed by atoms with Gasteiger partial charge in [-0.1, -0.05) is 6.08 Å². The molecule has 0 unspecified atom stereocenters. The molecule has 7 nitrogen and oxygen atoms in total. The van der Waals surface area contributed by atoms with Gasteiger partial charge >= 0.3 is 11.9 Å². The molecule has 0 aromatic rings. The highest BCUT2D eigenvalue weighted by atomic mass is 16.8. The molecule has 7 heteroatoms. The standard InChI is InChI=1S/C18H28O7/c1-12(19)7-6-8-17(21)23-13(2)11-15-14(9-10-16(20)22-5)24-18(3,4)25-15/h6,8-10,12-15,19H,7,11H2,1-5H3/b8-6+,10-9+/t12-,13-,14-,15-/m1/s1. The van der Waals surface area contributed by atoms with E-state index in [4.69, 9.17) is 19.3 Å². The van der Waals surface area contributed by atoms with Crippen LogP contribution < -0.4 is 0 Å². The van der Waals surface area contributed by atoms with Crippen LogP contribution in [0.1, 0.15) is 40.5 Å². The molecule has 1 N–H and O–H groups in total. The topological polar surface area (TPSA) is 91.3 Å². The number of rotatable bonds is 8. The minimum absolute atomic E-state index is 0.361. The maximum Gasteiger partial charge on any atom is 0.330 e. The fourth-order valence-electron chi connectivity index (χ4n) is 2.42. The molecule has 4 atom stereocenters. The zero-order chi connectivity index (χ0) is 19.0. The molecule has 0 radical (unpaired) electrons. The largest absolute Gasteiger partial charge is 0.466 e. The van der Waals surface area contributed by atoms with E-state index in [1.54, 1.807) is 39.8 Å². The average Bonchev–Trinajstić information content (AvgIpc) is 2.77. The van der Waals surface area contributed by atoms with E-state index in [1.165, 1.54) is 19.3 Å². The van der Waals surface area contributed by atoms with Crippen molar-refractivity contribution in [2.45, 2.75) is 70.7 Å². The molecule has 0 aliphatic carbocycles. The van der Waals surface area contributed by atoms with Gasteiger partial charge in [-0.25, -0.2) is 9.59 Å². The van der Waals surface area contributed by atoms with E-state index in [0.29, 0.717) is 12.8 Å². The summed E-state index contributed by atoms with van der Waals surface area (Å²) < 4.78 is 21.4. The fourth-order valence-corrected chi connectivity index (χ4v) is 2.42. The second-order valence-corrected chi connectivity index (χ2v) is 6.49. The zero-order valence-electron chi connectivity index (χ0n) is 15.4. The second-order valence-electron chi connectivity index (χ2n) is 6.49. The molecule has 0 bridgehead atoms. The molecular formula is C18H28O7. The third kappa shape index (κ3) is 8.29. The van der Waals surface area contributed by atoms with Gasteiger partial charge in [-0.15, -0.1) is 0 Å². The van der Waals surface area contributed by atoms with E-state index >= 15 is 0 Å². The molecule has 1 rings (SSSR count). The van der Waals surface area contributed by atoms with Gasteiger partial charge in [0, 0.05) is 18.6 Å². The third-order valence-electron chi connectivity index (χ3n) is 3.46. The Bertz CT molecular complexity index is 508. The van der Waals surface area contributed by atoms with Crippen LogP contribution in [0, 0.1) is 0 Å². The Balaban J connectivity index is 2.58. The number of hydrogen-bond donors (Lipinski definition) is 1. The lowest BCUT2D eigenvalue weighted by Gasteiger charge is -2.19. The summed E-state index contributed by atoms with van der Waals surface area (Å²) >= 11 is 0. The van der Waals surface area contributed by atoms with Gasteiger partial charge in [0.05, 0.1) is 19.3 Å². The van der Waals surface area contributed by atoms with Crippen molar-refractivity contribution >= 4 is 11.9 Å². The summed E-state index contributed by atoms with van der Waals surface area (Å²) in [6.07, 6.45) is 4.83. The van der Waals surface area contributed by atoms with Gasteiger partial charge in [0.15, 0.2) is 5.79 Å². The fraction of sp³-hybridized carbons (Fsp3) is 0.667. The van der Waals surface area contributed by atoms with Crippen molar-refractivity contribution in [3.05, 3.63) is 24.3 Å². The number of aliphatic hydroxyl groups is 1. The molecule has 1 heterocycles. The first kappa shape index (κ1) is 21.3. The van der Waals surface area contributed by atoms with Crippen LogP contribution in [0.4, 0.5) is 0 Å². The lowest BCUT2D eigenvalue weighted by molar-refractivity contribution is -0.151. The SMILES string of the molecule is COC(=O)/C=C/[C@H]1OC(C)(C)O[C@@H]1C[C@@H](C)OC(=O)/C=C/C[C@@H](C)O. The number of methoxy groups -OCH3 is 1. The Morgan fingerprint density at radius 1 is 1.20 bits per heavy atom. The second kappa shape index (κ2) is 9.70. The number of carbonyl (C=O) groups is 2. The van der Waals surface area contributed by atoms with Crippen LogP contribution in [0.2, 0.25) is 0 Å². The number of esters is 2. The van der Waals surface area contributed by atoms with Crippen LogP contribution in [0.5, 0.6) is 0 Å². The quantitative estimate of drug-likeness (QED) is 0.524. The molecule has 0 amide bonds. The first-order valence-electron chi connectivity index (χ1n) is 8.30. The van der Waals surface area contributed by atoms with E-state index < -0.39 is 36.0 Å². The Morgan fingerprint density at radius 3 is 2.48 bits per heavy atom. The molecule has 142 valence electrons. The van der Waals surface area contributed by atoms with E-state index in [9.17, 15) is 9.59 Å². The van der Waals surface area contributed by atoms with Gasteiger partial charge < -0.3 is 24.1 Å². The number of ether oxygens (including phenoxy) is 4. The number of hydrogen-bond acceptors (Lipinski definition) is 7. The molecule has 1 fully saturated rings. The maximum atomic E-state index is 11.7. The number of aliphatic hydroxyl groups excluding tert-OH is 1. The molecule has 1 aliphatic heterocycles. The molecule has 0 saturated carbocycles. The van der Waals surface area contributed by atoms with Crippen molar-refractivity contribution in [3.8, 4) is 0 Å². The predicted octanol–water partition coefficient (Wildman–Crippen LogP) is 1.88. The lowest BCUT2D eigenvalue weighted by atomic mass is 10.1. The summed E-state index contributed by atoms with van der Waals surface area (Å²) in [7, 11) is 1.30. The highest BCUT2D eigenvalue weighted by Crippen LogP contribution is 2.31. The summed E-state index contributed by atoms with van der Waals surface area (Å²) in [5.74, 6) is -1.75. The van der Waals surface area contributed by atoms with Gasteiger partial charge in [-0.05, 0) is 40.2 Å². The predicted molar refractivity (Wildman–Crippen MR) is 90.6 cm³/mol. The van der Waals surface area contributed by atoms with Gasteiger partial charge in [-0.2, -0.15) is 0 Å². The molecule has 0 aromatic carbocycles. The summed E-state index contributed by atoms with van der Waals surface area (Å²) in [5.41, 5.74) is 0. The van der Waals surface area contributed by atoms with Crippen molar-refractivity contribution in [1.29, 1.82) is 0 Å². The van der Waals surface area contributed by atoms with E-state index in [0.717, 1.165) is 0 Å². The Kier molecular flexibility index (Phi) is 8.28. The van der Waals surface area contributed by atoms with E-state index in [1.807, 2.05) is 0 Å².